The highest BCUT2D eigenvalue weighted by atomic mass is 127. The maximum Gasteiger partial charge on any atom is 0.213 e. The standard InChI is InChI=1S/C19H34N4O.HI/c1-7-14(8-2)15-9-10-23(13-15)18(20-6)22-12-17-21-11-16(24-17)19(3,4)5;/h11,14-15H,7-10,12-13H2,1-6H3,(H,20,22);1H. The quantitative estimate of drug-likeness (QED) is 0.400. The molecule has 1 aliphatic rings. The van der Waals surface area contributed by atoms with Crippen LogP contribution in [0.4, 0.5) is 0 Å². The van der Waals surface area contributed by atoms with E-state index >= 15 is 0 Å². The van der Waals surface area contributed by atoms with Crippen LogP contribution < -0.4 is 5.32 Å². The normalized spacial score (nSPS) is 18.6. The number of likely N-dealkylation sites (tertiary alicyclic amines) is 1. The summed E-state index contributed by atoms with van der Waals surface area (Å²) < 4.78 is 5.85. The second kappa shape index (κ2) is 9.78. The Morgan fingerprint density at radius 2 is 2.08 bits per heavy atom. The fraction of sp³-hybridized carbons (Fsp3) is 0.789. The molecule has 1 saturated heterocycles. The van der Waals surface area contributed by atoms with Crippen LogP contribution in [0, 0.1) is 11.8 Å². The number of oxazole rings is 1. The highest BCUT2D eigenvalue weighted by Gasteiger charge is 2.29. The van der Waals surface area contributed by atoms with Crippen molar-refractivity contribution in [3.63, 3.8) is 0 Å². The highest BCUT2D eigenvalue weighted by molar-refractivity contribution is 14.0. The van der Waals surface area contributed by atoms with Crippen molar-refractivity contribution in [1.82, 2.24) is 15.2 Å². The van der Waals surface area contributed by atoms with Crippen LogP contribution in [0.2, 0.25) is 0 Å². The molecule has 0 aliphatic carbocycles. The van der Waals surface area contributed by atoms with Crippen LogP contribution in [0.15, 0.2) is 15.6 Å². The molecule has 0 bridgehead atoms. The van der Waals surface area contributed by atoms with Crippen molar-refractivity contribution in [2.24, 2.45) is 16.8 Å². The number of hydrogen-bond donors (Lipinski definition) is 1. The molecular formula is C19H35IN4O. The largest absolute Gasteiger partial charge is 0.443 e. The lowest BCUT2D eigenvalue weighted by Crippen LogP contribution is -2.40. The third-order valence-electron chi connectivity index (χ3n) is 5.14. The van der Waals surface area contributed by atoms with Crippen LogP contribution in [-0.2, 0) is 12.0 Å². The van der Waals surface area contributed by atoms with E-state index in [0.29, 0.717) is 6.54 Å². The molecule has 1 N–H and O–H groups in total. The second-order valence-electron chi connectivity index (χ2n) is 7.84. The summed E-state index contributed by atoms with van der Waals surface area (Å²) in [4.78, 5) is 11.2. The molecule has 2 rings (SSSR count). The third-order valence-corrected chi connectivity index (χ3v) is 5.14. The average molecular weight is 462 g/mol. The van der Waals surface area contributed by atoms with E-state index in [9.17, 15) is 0 Å². The Hall–Kier alpha value is -0.790. The van der Waals surface area contributed by atoms with E-state index < -0.39 is 0 Å². The Morgan fingerprint density at radius 1 is 1.40 bits per heavy atom. The molecule has 144 valence electrons. The lowest BCUT2D eigenvalue weighted by Gasteiger charge is -2.24. The van der Waals surface area contributed by atoms with Crippen molar-refractivity contribution in [2.45, 2.75) is 65.8 Å². The third kappa shape index (κ3) is 5.86. The summed E-state index contributed by atoms with van der Waals surface area (Å²) in [6.45, 7) is 13.8. The fourth-order valence-corrected chi connectivity index (χ4v) is 3.55. The van der Waals surface area contributed by atoms with E-state index in [0.717, 1.165) is 42.5 Å². The predicted molar refractivity (Wildman–Crippen MR) is 115 cm³/mol. The van der Waals surface area contributed by atoms with Gasteiger partial charge in [0.1, 0.15) is 5.76 Å². The van der Waals surface area contributed by atoms with Gasteiger partial charge in [0.2, 0.25) is 5.89 Å². The van der Waals surface area contributed by atoms with Gasteiger partial charge >= 0.3 is 0 Å². The molecule has 2 heterocycles. The summed E-state index contributed by atoms with van der Waals surface area (Å²) in [6, 6.07) is 0. The molecule has 6 heteroatoms. The van der Waals surface area contributed by atoms with Gasteiger partial charge < -0.3 is 14.6 Å². The van der Waals surface area contributed by atoms with E-state index in [1.807, 2.05) is 13.2 Å². The first-order valence-corrected chi connectivity index (χ1v) is 9.29. The highest BCUT2D eigenvalue weighted by Crippen LogP contribution is 2.28. The topological polar surface area (TPSA) is 53.7 Å². The van der Waals surface area contributed by atoms with Crippen molar-refractivity contribution in [1.29, 1.82) is 0 Å². The van der Waals surface area contributed by atoms with Gasteiger partial charge in [-0.25, -0.2) is 4.98 Å². The Labute approximate surface area is 170 Å². The number of nitrogens with one attached hydrogen (secondary N) is 1. The maximum absolute atomic E-state index is 5.85. The van der Waals surface area contributed by atoms with Crippen molar-refractivity contribution < 1.29 is 4.42 Å². The van der Waals surface area contributed by atoms with Crippen LogP contribution in [0.5, 0.6) is 0 Å². The van der Waals surface area contributed by atoms with Gasteiger partial charge in [0.25, 0.3) is 0 Å². The van der Waals surface area contributed by atoms with Crippen LogP contribution in [0.3, 0.4) is 0 Å². The molecule has 1 aromatic rings. The number of hydrogen-bond acceptors (Lipinski definition) is 3. The van der Waals surface area contributed by atoms with Crippen molar-refractivity contribution in [2.75, 3.05) is 20.1 Å². The lowest BCUT2D eigenvalue weighted by molar-refractivity contribution is 0.318. The molecule has 0 saturated carbocycles. The molecule has 0 amide bonds. The van der Waals surface area contributed by atoms with Gasteiger partial charge in [0.15, 0.2) is 5.96 Å². The van der Waals surface area contributed by atoms with E-state index in [-0.39, 0.29) is 29.4 Å². The van der Waals surface area contributed by atoms with E-state index in [2.05, 4.69) is 54.8 Å². The molecule has 25 heavy (non-hydrogen) atoms. The number of rotatable bonds is 5. The summed E-state index contributed by atoms with van der Waals surface area (Å²) in [5.74, 6) is 4.21. The number of halogens is 1. The minimum atomic E-state index is -0.00951. The summed E-state index contributed by atoms with van der Waals surface area (Å²) in [5, 5.41) is 3.41. The van der Waals surface area contributed by atoms with E-state index in [1.165, 1.54) is 19.3 Å². The summed E-state index contributed by atoms with van der Waals surface area (Å²) in [5.41, 5.74) is -0.00951. The first kappa shape index (κ1) is 22.3. The van der Waals surface area contributed by atoms with Crippen LogP contribution in [-0.4, -0.2) is 36.0 Å². The molecule has 0 aromatic carbocycles. The van der Waals surface area contributed by atoms with Crippen LogP contribution in [0.25, 0.3) is 0 Å². The molecule has 0 radical (unpaired) electrons. The summed E-state index contributed by atoms with van der Waals surface area (Å²) in [6.07, 6.45) is 5.64. The van der Waals surface area contributed by atoms with Crippen molar-refractivity contribution >= 4 is 29.9 Å². The monoisotopic (exact) mass is 462 g/mol. The number of guanidine groups is 1. The zero-order chi connectivity index (χ0) is 17.7. The summed E-state index contributed by atoms with van der Waals surface area (Å²) >= 11 is 0. The molecule has 1 unspecified atom stereocenters. The smallest absolute Gasteiger partial charge is 0.213 e. The molecule has 0 spiro atoms. The Bertz CT molecular complexity index is 546. The molecule has 1 fully saturated rings. The van der Waals surface area contributed by atoms with Gasteiger partial charge in [0, 0.05) is 25.6 Å². The van der Waals surface area contributed by atoms with Gasteiger partial charge in [-0.15, -0.1) is 24.0 Å². The molecule has 1 atom stereocenters. The van der Waals surface area contributed by atoms with Crippen molar-refractivity contribution in [3.05, 3.63) is 17.8 Å². The minimum Gasteiger partial charge on any atom is -0.443 e. The summed E-state index contributed by atoms with van der Waals surface area (Å²) in [7, 11) is 1.85. The molecule has 1 aromatic heterocycles. The second-order valence-corrected chi connectivity index (χ2v) is 7.84. The van der Waals surface area contributed by atoms with E-state index in [1.54, 1.807) is 0 Å². The van der Waals surface area contributed by atoms with Gasteiger partial charge in [-0.2, -0.15) is 0 Å². The van der Waals surface area contributed by atoms with Gasteiger partial charge in [0.05, 0.1) is 12.7 Å². The maximum atomic E-state index is 5.85. The molecule has 5 nitrogen and oxygen atoms in total. The Morgan fingerprint density at radius 3 is 2.60 bits per heavy atom. The molecular weight excluding hydrogens is 427 g/mol. The Balaban J connectivity index is 0.00000312. The fourth-order valence-electron chi connectivity index (χ4n) is 3.55. The first-order chi connectivity index (χ1) is 11.4. The van der Waals surface area contributed by atoms with Gasteiger partial charge in [-0.1, -0.05) is 47.5 Å². The van der Waals surface area contributed by atoms with Gasteiger partial charge in [-0.05, 0) is 18.3 Å². The number of aromatic nitrogens is 1. The van der Waals surface area contributed by atoms with Crippen LogP contribution in [0.1, 0.15) is 65.5 Å². The molecule has 1 aliphatic heterocycles. The van der Waals surface area contributed by atoms with Gasteiger partial charge in [-0.3, -0.25) is 4.99 Å². The van der Waals surface area contributed by atoms with E-state index in [4.69, 9.17) is 4.42 Å². The SMILES string of the molecule is CCC(CC)C1CCN(C(=NC)NCc2ncc(C(C)(C)C)o2)C1.I. The average Bonchev–Trinajstić information content (AvgIpc) is 3.19. The zero-order valence-electron chi connectivity index (χ0n) is 16.6. The minimum absolute atomic E-state index is 0. The number of nitrogens with zero attached hydrogens (tertiary/aromatic N) is 3. The lowest BCUT2D eigenvalue weighted by atomic mass is 9.87. The van der Waals surface area contributed by atoms with Crippen molar-refractivity contribution in [3.8, 4) is 0 Å². The van der Waals surface area contributed by atoms with Crippen LogP contribution >= 0.6 is 24.0 Å². The predicted octanol–water partition coefficient (Wildman–Crippen LogP) is 4.42. The zero-order valence-corrected chi connectivity index (χ0v) is 19.0. The first-order valence-electron chi connectivity index (χ1n) is 9.29. The number of aliphatic imine (C=N–C) groups is 1. The Kier molecular flexibility index (Phi) is 8.71.